The number of carbonyl (C=O) groups is 1. The summed E-state index contributed by atoms with van der Waals surface area (Å²) in [6.07, 6.45) is 2.93. The molecule has 1 fully saturated rings. The quantitative estimate of drug-likeness (QED) is 0.393. The molecule has 0 unspecified atom stereocenters. The van der Waals surface area contributed by atoms with Gasteiger partial charge in [0, 0.05) is 37.8 Å². The molecule has 0 atom stereocenters. The Morgan fingerprint density at radius 1 is 1.12 bits per heavy atom. The molecule has 1 aromatic carbocycles. The Morgan fingerprint density at radius 3 is 2.55 bits per heavy atom. The molecular weight excluding hydrogens is 525 g/mol. The van der Waals surface area contributed by atoms with Gasteiger partial charge in [-0.1, -0.05) is 18.1 Å². The van der Waals surface area contributed by atoms with Gasteiger partial charge >= 0.3 is 6.36 Å². The van der Waals surface area contributed by atoms with Crippen molar-refractivity contribution < 1.29 is 27.2 Å². The van der Waals surface area contributed by atoms with Gasteiger partial charge in [-0.25, -0.2) is 4.98 Å². The van der Waals surface area contributed by atoms with Gasteiger partial charge in [0.1, 0.15) is 17.3 Å². The zero-order chi connectivity index (χ0) is 28.5. The molecule has 0 aliphatic carbocycles. The van der Waals surface area contributed by atoms with Crippen molar-refractivity contribution in [2.75, 3.05) is 31.5 Å². The molecule has 0 radical (unpaired) electrons. The number of piperidine rings is 1. The zero-order valence-corrected chi connectivity index (χ0v) is 22.4. The third kappa shape index (κ3) is 8.39. The Morgan fingerprint density at radius 2 is 1.93 bits per heavy atom. The number of halogens is 3. The van der Waals surface area contributed by atoms with Gasteiger partial charge in [0.05, 0.1) is 6.54 Å². The van der Waals surface area contributed by atoms with E-state index in [-0.39, 0.29) is 23.4 Å². The van der Waals surface area contributed by atoms with E-state index in [1.807, 2.05) is 30.2 Å². The van der Waals surface area contributed by atoms with Gasteiger partial charge < -0.3 is 19.5 Å². The number of aryl methyl sites for hydroxylation is 1. The van der Waals surface area contributed by atoms with Crippen molar-refractivity contribution >= 4 is 17.4 Å². The van der Waals surface area contributed by atoms with Crippen LogP contribution in [0.2, 0.25) is 0 Å². The summed E-state index contributed by atoms with van der Waals surface area (Å²) in [6.45, 7) is 7.10. The molecule has 1 saturated heterocycles. The van der Waals surface area contributed by atoms with Crippen LogP contribution in [0.5, 0.6) is 5.75 Å². The Hall–Kier alpha value is -4.22. The van der Waals surface area contributed by atoms with Crippen LogP contribution >= 0.6 is 0 Å². The largest absolute Gasteiger partial charge is 0.573 e. The maximum Gasteiger partial charge on any atom is 0.573 e. The molecule has 1 amide bonds. The molecule has 0 spiro atoms. The van der Waals surface area contributed by atoms with Gasteiger partial charge in [0.25, 0.3) is 5.89 Å². The molecule has 9 nitrogen and oxygen atoms in total. The normalized spacial score (nSPS) is 15.2. The minimum Gasteiger partial charge on any atom is -0.406 e. The number of hydrogen-bond donors (Lipinski definition) is 1. The first kappa shape index (κ1) is 28.8. The smallest absolute Gasteiger partial charge is 0.406 e. The lowest BCUT2D eigenvalue weighted by Gasteiger charge is -2.26. The van der Waals surface area contributed by atoms with Crippen LogP contribution in [-0.2, 0) is 11.2 Å². The molecule has 4 heterocycles. The summed E-state index contributed by atoms with van der Waals surface area (Å²) in [5.74, 6) is 1.42. The molecule has 3 aromatic rings. The second kappa shape index (κ2) is 13.2. The monoisotopic (exact) mass is 556 g/mol. The summed E-state index contributed by atoms with van der Waals surface area (Å²) in [7, 11) is 0. The Labute approximate surface area is 230 Å². The number of anilines is 1. The standard InChI is InChI=1S/C14H10F3N3O2.C14H21N3O/c1-8-6-11(18-7-8)13-19-12(20-22-13)9-2-4-10(5-3-9)21-14(15,16)17;1-2-12-6-7-13(16-11-12)15-8-10-17-9-4-3-5-14(17)18/h2-6H,7H2,1H3;6-7,11H,2-5,8-10H2,1H3,(H,15,16). The molecule has 2 aliphatic heterocycles. The van der Waals surface area contributed by atoms with Gasteiger partial charge in [-0.2, -0.15) is 4.98 Å². The van der Waals surface area contributed by atoms with E-state index in [0.29, 0.717) is 24.2 Å². The number of pyridine rings is 1. The van der Waals surface area contributed by atoms with Crippen molar-refractivity contribution in [2.24, 2.45) is 4.99 Å². The Balaban J connectivity index is 0.000000189. The van der Waals surface area contributed by atoms with Crippen LogP contribution in [0.3, 0.4) is 0 Å². The maximum absolute atomic E-state index is 12.1. The topological polar surface area (TPSA) is 106 Å². The average molecular weight is 557 g/mol. The number of amides is 1. The zero-order valence-electron chi connectivity index (χ0n) is 22.4. The number of rotatable bonds is 8. The average Bonchev–Trinajstić information content (AvgIpc) is 3.60. The number of alkyl halides is 3. The van der Waals surface area contributed by atoms with Crippen molar-refractivity contribution in [3.63, 3.8) is 0 Å². The molecule has 2 aromatic heterocycles. The number of aromatic nitrogens is 3. The second-order valence-corrected chi connectivity index (χ2v) is 9.36. The molecular formula is C28H31F3N6O3. The molecule has 0 bridgehead atoms. The summed E-state index contributed by atoms with van der Waals surface area (Å²) in [6, 6.07) is 9.31. The van der Waals surface area contributed by atoms with Gasteiger partial charge in [0.2, 0.25) is 11.7 Å². The number of allylic oxidation sites excluding steroid dienone is 1. The van der Waals surface area contributed by atoms with Crippen molar-refractivity contribution in [1.82, 2.24) is 20.0 Å². The number of carbonyl (C=O) groups excluding carboxylic acids is 1. The number of likely N-dealkylation sites (tertiary alicyclic amines) is 1. The summed E-state index contributed by atoms with van der Waals surface area (Å²) < 4.78 is 45.2. The molecule has 2 aliphatic rings. The predicted molar refractivity (Wildman–Crippen MR) is 144 cm³/mol. The van der Waals surface area contributed by atoms with Gasteiger partial charge in [-0.05, 0) is 73.7 Å². The van der Waals surface area contributed by atoms with Crippen molar-refractivity contribution in [3.05, 3.63) is 65.7 Å². The van der Waals surface area contributed by atoms with Crippen LogP contribution in [0, 0.1) is 0 Å². The highest BCUT2D eigenvalue weighted by molar-refractivity contribution is 6.07. The fraction of sp³-hybridized carbons (Fsp3) is 0.393. The van der Waals surface area contributed by atoms with Crippen molar-refractivity contribution in [1.29, 1.82) is 0 Å². The SMILES string of the molecule is CC1=CC(c2nc(-c3ccc(OC(F)(F)F)cc3)no2)=NC1.CCc1ccc(NCCN2CCCCC2=O)nc1. The van der Waals surface area contributed by atoms with Crippen LogP contribution in [0.1, 0.15) is 44.6 Å². The fourth-order valence-electron chi connectivity index (χ4n) is 4.07. The number of nitrogens with one attached hydrogen (secondary N) is 1. The van der Waals surface area contributed by atoms with Gasteiger partial charge in [-0.3, -0.25) is 9.79 Å². The first-order valence-corrected chi connectivity index (χ1v) is 13.1. The van der Waals surface area contributed by atoms with Crippen molar-refractivity contribution in [3.8, 4) is 17.1 Å². The molecule has 212 valence electrons. The van der Waals surface area contributed by atoms with Crippen LogP contribution in [0.4, 0.5) is 19.0 Å². The van der Waals surface area contributed by atoms with E-state index in [1.54, 1.807) is 0 Å². The number of hydrogen-bond acceptors (Lipinski definition) is 8. The number of benzene rings is 1. The fourth-order valence-corrected chi connectivity index (χ4v) is 4.07. The lowest BCUT2D eigenvalue weighted by molar-refractivity contribution is -0.274. The summed E-state index contributed by atoms with van der Waals surface area (Å²) >= 11 is 0. The lowest BCUT2D eigenvalue weighted by atomic mass is 10.1. The number of aliphatic imine (C=N–C) groups is 1. The van der Waals surface area contributed by atoms with E-state index < -0.39 is 6.36 Å². The van der Waals surface area contributed by atoms with Crippen molar-refractivity contribution in [2.45, 2.75) is 45.9 Å². The van der Waals surface area contributed by atoms with Crippen LogP contribution in [0.15, 0.2) is 63.8 Å². The predicted octanol–water partition coefficient (Wildman–Crippen LogP) is 5.45. The second-order valence-electron chi connectivity index (χ2n) is 9.36. The van der Waals surface area contributed by atoms with Crippen LogP contribution < -0.4 is 10.1 Å². The van der Waals surface area contributed by atoms with E-state index in [2.05, 4.69) is 43.2 Å². The van der Waals surface area contributed by atoms with E-state index in [1.165, 1.54) is 29.8 Å². The van der Waals surface area contributed by atoms with Gasteiger partial charge in [-0.15, -0.1) is 13.2 Å². The Bertz CT molecular complexity index is 1330. The first-order valence-electron chi connectivity index (χ1n) is 13.1. The summed E-state index contributed by atoms with van der Waals surface area (Å²) in [5.41, 5.74) is 3.45. The first-order chi connectivity index (χ1) is 19.2. The Kier molecular flexibility index (Phi) is 9.52. The summed E-state index contributed by atoms with van der Waals surface area (Å²) in [5, 5.41) is 7.06. The van der Waals surface area contributed by atoms with E-state index in [9.17, 15) is 18.0 Å². The third-order valence-electron chi connectivity index (χ3n) is 6.22. The lowest BCUT2D eigenvalue weighted by Crippen LogP contribution is -2.38. The number of nitrogens with zero attached hydrogens (tertiary/aromatic N) is 5. The van der Waals surface area contributed by atoms with E-state index in [0.717, 1.165) is 50.3 Å². The van der Waals surface area contributed by atoms with Crippen LogP contribution in [0.25, 0.3) is 11.4 Å². The molecule has 1 N–H and O–H groups in total. The summed E-state index contributed by atoms with van der Waals surface area (Å²) in [4.78, 5) is 26.3. The minimum absolute atomic E-state index is 0.272. The highest BCUT2D eigenvalue weighted by Gasteiger charge is 2.31. The maximum atomic E-state index is 12.1. The minimum atomic E-state index is -4.72. The number of ether oxygens (including phenoxy) is 1. The molecule has 40 heavy (non-hydrogen) atoms. The highest BCUT2D eigenvalue weighted by Crippen LogP contribution is 2.25. The highest BCUT2D eigenvalue weighted by atomic mass is 19.4. The van der Waals surface area contributed by atoms with E-state index in [4.69, 9.17) is 4.52 Å². The molecule has 5 rings (SSSR count). The van der Waals surface area contributed by atoms with Crippen LogP contribution in [-0.4, -0.2) is 64.2 Å². The molecule has 0 saturated carbocycles. The third-order valence-corrected chi connectivity index (χ3v) is 6.22. The molecule has 12 heteroatoms. The van der Waals surface area contributed by atoms with Gasteiger partial charge in [0.15, 0.2) is 0 Å². The van der Waals surface area contributed by atoms with E-state index >= 15 is 0 Å².